The van der Waals surface area contributed by atoms with Crippen LogP contribution in [0.15, 0.2) is 16.5 Å². The smallest absolute Gasteiger partial charge is 0.414 e. The molecule has 5 rings (SSSR count). The second kappa shape index (κ2) is 6.18. The summed E-state index contributed by atoms with van der Waals surface area (Å²) in [5, 5.41) is 10.9. The average Bonchev–Trinajstić information content (AvgIpc) is 3.27. The van der Waals surface area contributed by atoms with Crippen LogP contribution in [0.5, 0.6) is 6.08 Å². The fourth-order valence-electron chi connectivity index (χ4n) is 3.73. The third-order valence-electron chi connectivity index (χ3n) is 5.10. The average molecular weight is 348 g/mol. The van der Waals surface area contributed by atoms with Gasteiger partial charge in [0.15, 0.2) is 0 Å². The Morgan fingerprint density at radius 1 is 1.38 bits per heavy atom. The molecule has 3 saturated heterocycles. The molecule has 0 spiro atoms. The molecule has 3 fully saturated rings. The Morgan fingerprint density at radius 2 is 2.17 bits per heavy atom. The molecular weight excluding hydrogens is 328 g/mol. The Hall–Kier alpha value is -1.93. The lowest BCUT2D eigenvalue weighted by Gasteiger charge is -2.49. The zero-order valence-electron chi connectivity index (χ0n) is 13.7. The lowest BCUT2D eigenvalue weighted by molar-refractivity contribution is 0.0218. The summed E-state index contributed by atoms with van der Waals surface area (Å²) >= 11 is 1.35. The molecule has 128 valence electrons. The van der Waals surface area contributed by atoms with Crippen molar-refractivity contribution in [3.05, 3.63) is 17.0 Å². The first-order valence-electron chi connectivity index (χ1n) is 8.18. The van der Waals surface area contributed by atoms with Gasteiger partial charge in [-0.25, -0.2) is 0 Å². The molecule has 8 heteroatoms. The first-order valence-corrected chi connectivity index (χ1v) is 9.00. The molecule has 2 atom stereocenters. The maximum absolute atomic E-state index is 12.6. The van der Waals surface area contributed by atoms with E-state index in [0.29, 0.717) is 22.7 Å². The van der Waals surface area contributed by atoms with Gasteiger partial charge in [0, 0.05) is 12.1 Å². The molecule has 5 heterocycles. The van der Waals surface area contributed by atoms with Crippen molar-refractivity contribution in [3.8, 4) is 16.8 Å². The number of thiophene rings is 1. The van der Waals surface area contributed by atoms with Crippen LogP contribution < -0.4 is 10.1 Å². The first-order chi connectivity index (χ1) is 11.7. The molecule has 0 aliphatic carbocycles. The first kappa shape index (κ1) is 15.6. The largest absolute Gasteiger partial charge is 0.452 e. The third-order valence-corrected chi connectivity index (χ3v) is 6.17. The van der Waals surface area contributed by atoms with Crippen LogP contribution in [-0.4, -0.2) is 53.3 Å². The number of amides is 1. The van der Waals surface area contributed by atoms with E-state index in [2.05, 4.69) is 27.3 Å². The van der Waals surface area contributed by atoms with E-state index in [4.69, 9.17) is 9.15 Å². The standard InChI is InChI=1S/C16H20N4O3S/c1-9-13(10-5-7-20(9)8-6-10)17-14(21)11-3-4-12(24-11)15-18-19-16(22-2)23-15/h3-4,9-10,13H,5-8H2,1-2H3,(H,17,21)/t9-,13-/m0/s1. The number of nitrogens with one attached hydrogen (secondary N) is 1. The van der Waals surface area contributed by atoms with E-state index >= 15 is 0 Å². The number of methoxy groups -OCH3 is 1. The van der Waals surface area contributed by atoms with Crippen molar-refractivity contribution in [3.63, 3.8) is 0 Å². The third kappa shape index (κ3) is 2.69. The number of hydrogen-bond acceptors (Lipinski definition) is 7. The maximum Gasteiger partial charge on any atom is 0.414 e. The Bertz CT molecular complexity index is 733. The summed E-state index contributed by atoms with van der Waals surface area (Å²) in [4.78, 5) is 16.5. The molecule has 2 aromatic heterocycles. The van der Waals surface area contributed by atoms with Crippen molar-refractivity contribution in [1.29, 1.82) is 0 Å². The van der Waals surface area contributed by atoms with Crippen LogP contribution in [0.25, 0.3) is 10.8 Å². The monoisotopic (exact) mass is 348 g/mol. The van der Waals surface area contributed by atoms with Crippen LogP contribution in [0.4, 0.5) is 0 Å². The molecule has 24 heavy (non-hydrogen) atoms. The van der Waals surface area contributed by atoms with Gasteiger partial charge in [-0.1, -0.05) is 5.10 Å². The number of nitrogens with zero attached hydrogens (tertiary/aromatic N) is 3. The highest BCUT2D eigenvalue weighted by atomic mass is 32.1. The van der Waals surface area contributed by atoms with Crippen LogP contribution in [0.2, 0.25) is 0 Å². The molecule has 3 aliphatic heterocycles. The van der Waals surface area contributed by atoms with Crippen LogP contribution in [0, 0.1) is 5.92 Å². The van der Waals surface area contributed by atoms with Gasteiger partial charge in [-0.2, -0.15) is 0 Å². The zero-order valence-corrected chi connectivity index (χ0v) is 14.5. The number of aromatic nitrogens is 2. The number of ether oxygens (including phenoxy) is 1. The van der Waals surface area contributed by atoms with Crippen LogP contribution in [-0.2, 0) is 0 Å². The highest BCUT2D eigenvalue weighted by molar-refractivity contribution is 7.17. The highest BCUT2D eigenvalue weighted by Crippen LogP contribution is 2.33. The molecule has 0 saturated carbocycles. The zero-order chi connectivity index (χ0) is 16.7. The number of carbonyl (C=O) groups is 1. The lowest BCUT2D eigenvalue weighted by Crippen LogP contribution is -2.62. The summed E-state index contributed by atoms with van der Waals surface area (Å²) in [5.41, 5.74) is 0. The lowest BCUT2D eigenvalue weighted by atomic mass is 9.79. The van der Waals surface area contributed by atoms with E-state index < -0.39 is 0 Å². The second-order valence-electron chi connectivity index (χ2n) is 6.35. The number of rotatable bonds is 4. The summed E-state index contributed by atoms with van der Waals surface area (Å²) in [6, 6.07) is 4.26. The number of fused-ring (bicyclic) bond motifs is 3. The van der Waals surface area contributed by atoms with Gasteiger partial charge in [0.05, 0.1) is 16.9 Å². The summed E-state index contributed by atoms with van der Waals surface area (Å²) in [5.74, 6) is 0.934. The minimum atomic E-state index is -0.0247. The van der Waals surface area contributed by atoms with Crippen LogP contribution in [0.3, 0.4) is 0 Å². The number of hydrogen-bond donors (Lipinski definition) is 1. The van der Waals surface area contributed by atoms with E-state index in [1.165, 1.54) is 31.3 Å². The van der Waals surface area contributed by atoms with Gasteiger partial charge in [-0.05, 0) is 50.9 Å². The van der Waals surface area contributed by atoms with Gasteiger partial charge >= 0.3 is 6.08 Å². The molecule has 7 nitrogen and oxygen atoms in total. The predicted octanol–water partition coefficient (Wildman–Crippen LogP) is 2.02. The fourth-order valence-corrected chi connectivity index (χ4v) is 4.56. The van der Waals surface area contributed by atoms with Gasteiger partial charge < -0.3 is 14.5 Å². The van der Waals surface area contributed by atoms with E-state index in [1.807, 2.05) is 6.07 Å². The molecule has 1 N–H and O–H groups in total. The summed E-state index contributed by atoms with van der Waals surface area (Å²) in [7, 11) is 1.47. The SMILES string of the molecule is COc1nnc(-c2ccc(C(=O)N[C@@H]3C4CCN(CC4)[C@H]3C)s2)o1. The number of carbonyl (C=O) groups excluding carboxylic acids is 1. The molecule has 0 aromatic carbocycles. The van der Waals surface area contributed by atoms with Gasteiger partial charge in [0.2, 0.25) is 0 Å². The van der Waals surface area contributed by atoms with Crippen molar-refractivity contribution in [2.75, 3.05) is 20.2 Å². The normalized spacial score (nSPS) is 28.8. The molecule has 1 amide bonds. The Labute approximate surface area is 144 Å². The molecule has 2 aromatic rings. The van der Waals surface area contributed by atoms with Gasteiger partial charge in [0.1, 0.15) is 0 Å². The molecule has 3 aliphatic rings. The maximum atomic E-state index is 12.6. The van der Waals surface area contributed by atoms with Crippen molar-refractivity contribution in [1.82, 2.24) is 20.4 Å². The quantitative estimate of drug-likeness (QED) is 0.910. The van der Waals surface area contributed by atoms with E-state index in [9.17, 15) is 4.79 Å². The van der Waals surface area contributed by atoms with E-state index in [1.54, 1.807) is 6.07 Å². The Balaban J connectivity index is 1.47. The van der Waals surface area contributed by atoms with Gasteiger partial charge in [-0.15, -0.1) is 16.4 Å². The van der Waals surface area contributed by atoms with Gasteiger partial charge in [0.25, 0.3) is 11.8 Å². The van der Waals surface area contributed by atoms with E-state index in [0.717, 1.165) is 18.0 Å². The van der Waals surface area contributed by atoms with Crippen molar-refractivity contribution in [2.45, 2.75) is 31.8 Å². The fraction of sp³-hybridized carbons (Fsp3) is 0.562. The van der Waals surface area contributed by atoms with Crippen LogP contribution >= 0.6 is 11.3 Å². The van der Waals surface area contributed by atoms with Gasteiger partial charge in [-0.3, -0.25) is 9.69 Å². The van der Waals surface area contributed by atoms with Crippen LogP contribution in [0.1, 0.15) is 29.4 Å². The van der Waals surface area contributed by atoms with Crippen molar-refractivity contribution >= 4 is 17.2 Å². The topological polar surface area (TPSA) is 80.5 Å². The molecule has 0 radical (unpaired) electrons. The summed E-state index contributed by atoms with van der Waals surface area (Å²) in [6.07, 6.45) is 2.46. The minimum absolute atomic E-state index is 0.0247. The second-order valence-corrected chi connectivity index (χ2v) is 7.44. The molecular formula is C16H20N4O3S. The minimum Gasteiger partial charge on any atom is -0.452 e. The Kier molecular flexibility index (Phi) is 4.01. The van der Waals surface area contributed by atoms with E-state index in [-0.39, 0.29) is 18.0 Å². The summed E-state index contributed by atoms with van der Waals surface area (Å²) in [6.45, 7) is 4.52. The molecule has 2 bridgehead atoms. The summed E-state index contributed by atoms with van der Waals surface area (Å²) < 4.78 is 10.2. The Morgan fingerprint density at radius 3 is 2.83 bits per heavy atom. The molecule has 0 unspecified atom stereocenters. The number of piperidine rings is 3. The predicted molar refractivity (Wildman–Crippen MR) is 89.2 cm³/mol. The van der Waals surface area contributed by atoms with Crippen molar-refractivity contribution in [2.24, 2.45) is 5.92 Å². The van der Waals surface area contributed by atoms with Crippen molar-refractivity contribution < 1.29 is 13.9 Å². The highest BCUT2D eigenvalue weighted by Gasteiger charge is 2.40.